The van der Waals surface area contributed by atoms with Crippen molar-refractivity contribution in [2.75, 3.05) is 6.61 Å². The third-order valence-electron chi connectivity index (χ3n) is 4.90. The lowest BCUT2D eigenvalue weighted by Gasteiger charge is -2.31. The van der Waals surface area contributed by atoms with Crippen molar-refractivity contribution in [3.8, 4) is 5.75 Å². The number of ether oxygens (including phenoxy) is 1. The fraction of sp³-hybridized carbons (Fsp3) is 0.391. The Labute approximate surface area is 196 Å². The van der Waals surface area contributed by atoms with Gasteiger partial charge in [0.05, 0.1) is 5.02 Å². The van der Waals surface area contributed by atoms with Crippen molar-refractivity contribution in [2.24, 2.45) is 0 Å². The third kappa shape index (κ3) is 7.51. The Balaban J connectivity index is 2.22. The van der Waals surface area contributed by atoms with Gasteiger partial charge >= 0.3 is 0 Å². The lowest BCUT2D eigenvalue weighted by molar-refractivity contribution is -0.143. The molecule has 8 heteroatoms. The summed E-state index contributed by atoms with van der Waals surface area (Å²) >= 11 is 9.50. The molecule has 0 fully saturated rings. The van der Waals surface area contributed by atoms with Gasteiger partial charge in [0.2, 0.25) is 5.91 Å². The summed E-state index contributed by atoms with van der Waals surface area (Å²) in [6.45, 7) is 5.61. The summed E-state index contributed by atoms with van der Waals surface area (Å²) in [5.74, 6) is -0.586. The number of amides is 2. The zero-order valence-corrected chi connectivity index (χ0v) is 20.2. The number of rotatable bonds is 10. The fourth-order valence-corrected chi connectivity index (χ4v) is 3.69. The summed E-state index contributed by atoms with van der Waals surface area (Å²) in [6, 6.07) is 10.3. The van der Waals surface area contributed by atoms with Crippen LogP contribution in [0.15, 0.2) is 46.9 Å². The molecular weight excluding hydrogens is 487 g/mol. The molecule has 0 aliphatic carbocycles. The number of halogens is 3. The highest BCUT2D eigenvalue weighted by atomic mass is 79.9. The number of nitrogens with one attached hydrogen (secondary N) is 1. The van der Waals surface area contributed by atoms with Crippen molar-refractivity contribution >= 4 is 39.3 Å². The van der Waals surface area contributed by atoms with Crippen LogP contribution in [0, 0.1) is 5.82 Å². The first-order valence-corrected chi connectivity index (χ1v) is 11.3. The monoisotopic (exact) mass is 512 g/mol. The third-order valence-corrected chi connectivity index (χ3v) is 5.69. The number of carbonyl (C=O) groups is 2. The molecule has 2 aromatic carbocycles. The van der Waals surface area contributed by atoms with Crippen molar-refractivity contribution in [2.45, 2.75) is 52.2 Å². The van der Waals surface area contributed by atoms with Crippen molar-refractivity contribution in [1.82, 2.24) is 10.2 Å². The van der Waals surface area contributed by atoms with Gasteiger partial charge in [-0.05, 0) is 55.7 Å². The minimum absolute atomic E-state index is 0.0119. The molecule has 2 unspecified atom stereocenters. The molecule has 5 nitrogen and oxygen atoms in total. The van der Waals surface area contributed by atoms with Crippen molar-refractivity contribution in [3.05, 3.63) is 63.3 Å². The average molecular weight is 514 g/mol. The molecule has 0 radical (unpaired) electrons. The molecule has 1 N–H and O–H groups in total. The number of nitrogens with zero attached hydrogens (tertiary/aromatic N) is 1. The molecule has 2 aromatic rings. The summed E-state index contributed by atoms with van der Waals surface area (Å²) in [7, 11) is 0. The maximum Gasteiger partial charge on any atom is 0.261 e. The maximum absolute atomic E-state index is 13.3. The lowest BCUT2D eigenvalue weighted by Crippen LogP contribution is -2.51. The van der Waals surface area contributed by atoms with Gasteiger partial charge in [0.25, 0.3) is 5.91 Å². The van der Waals surface area contributed by atoms with Gasteiger partial charge < -0.3 is 15.0 Å². The van der Waals surface area contributed by atoms with Crippen LogP contribution in [0.1, 0.15) is 39.2 Å². The van der Waals surface area contributed by atoms with E-state index in [9.17, 15) is 14.0 Å². The first-order valence-electron chi connectivity index (χ1n) is 10.2. The number of hydrogen-bond acceptors (Lipinski definition) is 3. The smallest absolute Gasteiger partial charge is 0.261 e. The molecule has 0 aliphatic rings. The van der Waals surface area contributed by atoms with E-state index in [1.54, 1.807) is 30.3 Å². The first kappa shape index (κ1) is 25.1. The molecule has 0 heterocycles. The molecule has 0 bridgehead atoms. The van der Waals surface area contributed by atoms with E-state index in [0.29, 0.717) is 22.8 Å². The van der Waals surface area contributed by atoms with Gasteiger partial charge in [0, 0.05) is 17.1 Å². The van der Waals surface area contributed by atoms with E-state index in [4.69, 9.17) is 16.3 Å². The number of hydrogen-bond donors (Lipinski definition) is 1. The first-order chi connectivity index (χ1) is 14.7. The van der Waals surface area contributed by atoms with E-state index in [-0.39, 0.29) is 36.8 Å². The Kier molecular flexibility index (Phi) is 9.78. The molecule has 2 rings (SSSR count). The van der Waals surface area contributed by atoms with E-state index >= 15 is 0 Å². The van der Waals surface area contributed by atoms with Crippen LogP contribution in [-0.2, 0) is 16.1 Å². The SMILES string of the molecule is CCC(C)NC(=O)C(CC)N(Cc1ccc(F)cc1)C(=O)COc1ccc(Br)cc1Cl. The quantitative estimate of drug-likeness (QED) is 0.466. The molecule has 0 saturated heterocycles. The zero-order valence-electron chi connectivity index (χ0n) is 17.8. The topological polar surface area (TPSA) is 58.6 Å². The molecular formula is C23H27BrClFN2O3. The molecule has 168 valence electrons. The predicted octanol–water partition coefficient (Wildman–Crippen LogP) is 5.34. The average Bonchev–Trinajstić information content (AvgIpc) is 2.74. The molecule has 0 saturated carbocycles. The molecule has 31 heavy (non-hydrogen) atoms. The molecule has 0 aromatic heterocycles. The zero-order chi connectivity index (χ0) is 23.0. The highest BCUT2D eigenvalue weighted by molar-refractivity contribution is 9.10. The Bertz CT molecular complexity index is 895. The van der Waals surface area contributed by atoms with E-state index in [1.165, 1.54) is 17.0 Å². The Morgan fingerprint density at radius 1 is 1.16 bits per heavy atom. The predicted molar refractivity (Wildman–Crippen MR) is 124 cm³/mol. The highest BCUT2D eigenvalue weighted by Crippen LogP contribution is 2.28. The normalized spacial score (nSPS) is 12.7. The summed E-state index contributed by atoms with van der Waals surface area (Å²) in [5, 5.41) is 3.31. The van der Waals surface area contributed by atoms with Gasteiger partial charge in [-0.2, -0.15) is 0 Å². The van der Waals surface area contributed by atoms with E-state index < -0.39 is 6.04 Å². The minimum atomic E-state index is -0.685. The fourth-order valence-electron chi connectivity index (χ4n) is 2.96. The van der Waals surface area contributed by atoms with Crippen LogP contribution >= 0.6 is 27.5 Å². The second kappa shape index (κ2) is 12.1. The van der Waals surface area contributed by atoms with Crippen molar-refractivity contribution < 1.29 is 18.7 Å². The summed E-state index contributed by atoms with van der Waals surface area (Å²) in [5.41, 5.74) is 0.714. The Hall–Kier alpha value is -2.12. The second-order valence-corrected chi connectivity index (χ2v) is 8.58. The Morgan fingerprint density at radius 2 is 1.84 bits per heavy atom. The van der Waals surface area contributed by atoms with Crippen LogP contribution in [0.4, 0.5) is 4.39 Å². The summed E-state index contributed by atoms with van der Waals surface area (Å²) in [6.07, 6.45) is 1.20. The number of carbonyl (C=O) groups excluding carboxylic acids is 2. The van der Waals surface area contributed by atoms with Crippen molar-refractivity contribution in [1.29, 1.82) is 0 Å². The van der Waals surface area contributed by atoms with Gasteiger partial charge in [-0.3, -0.25) is 9.59 Å². The Morgan fingerprint density at radius 3 is 2.42 bits per heavy atom. The lowest BCUT2D eigenvalue weighted by atomic mass is 10.1. The van der Waals surface area contributed by atoms with Crippen LogP contribution in [0.2, 0.25) is 5.02 Å². The van der Waals surface area contributed by atoms with E-state index in [0.717, 1.165) is 10.9 Å². The summed E-state index contributed by atoms with van der Waals surface area (Å²) < 4.78 is 19.7. The van der Waals surface area contributed by atoms with Gasteiger partial charge in [0.15, 0.2) is 6.61 Å². The van der Waals surface area contributed by atoms with E-state index in [1.807, 2.05) is 20.8 Å². The minimum Gasteiger partial charge on any atom is -0.482 e. The van der Waals surface area contributed by atoms with Gasteiger partial charge in [-0.15, -0.1) is 0 Å². The standard InChI is InChI=1S/C23H27BrClFN2O3/c1-4-15(3)27-23(30)20(5-2)28(13-16-6-9-18(26)10-7-16)22(29)14-31-21-11-8-17(24)12-19(21)25/h6-12,15,20H,4-5,13-14H2,1-3H3,(H,27,30). The molecule has 2 atom stereocenters. The second-order valence-electron chi connectivity index (χ2n) is 7.25. The molecule has 0 spiro atoms. The van der Waals surface area contributed by atoms with Gasteiger partial charge in [0.1, 0.15) is 17.6 Å². The van der Waals surface area contributed by atoms with Crippen LogP contribution in [-0.4, -0.2) is 35.4 Å². The van der Waals surface area contributed by atoms with Crippen LogP contribution < -0.4 is 10.1 Å². The van der Waals surface area contributed by atoms with Crippen LogP contribution in [0.5, 0.6) is 5.75 Å². The summed E-state index contributed by atoms with van der Waals surface area (Å²) in [4.78, 5) is 27.5. The van der Waals surface area contributed by atoms with E-state index in [2.05, 4.69) is 21.2 Å². The number of benzene rings is 2. The van der Waals surface area contributed by atoms with Crippen molar-refractivity contribution in [3.63, 3.8) is 0 Å². The molecule has 0 aliphatic heterocycles. The highest BCUT2D eigenvalue weighted by Gasteiger charge is 2.29. The van der Waals surface area contributed by atoms with Gasteiger partial charge in [-0.1, -0.05) is 53.5 Å². The van der Waals surface area contributed by atoms with Gasteiger partial charge in [-0.25, -0.2) is 4.39 Å². The maximum atomic E-state index is 13.3. The van der Waals surface area contributed by atoms with Crippen LogP contribution in [0.25, 0.3) is 0 Å². The molecule has 2 amide bonds. The van der Waals surface area contributed by atoms with Crippen LogP contribution in [0.3, 0.4) is 0 Å². The largest absolute Gasteiger partial charge is 0.482 e.